The van der Waals surface area contributed by atoms with E-state index < -0.39 is 6.10 Å². The molecule has 3 nitrogen and oxygen atoms in total. The lowest BCUT2D eigenvalue weighted by Crippen LogP contribution is -2.20. The summed E-state index contributed by atoms with van der Waals surface area (Å²) in [6.07, 6.45) is -0.625. The van der Waals surface area contributed by atoms with Crippen molar-refractivity contribution >= 4 is 28.9 Å². The zero-order valence-electron chi connectivity index (χ0n) is 10.7. The summed E-state index contributed by atoms with van der Waals surface area (Å²) in [6.45, 7) is 0.328. The summed E-state index contributed by atoms with van der Waals surface area (Å²) in [5.41, 5.74) is 0.713. The van der Waals surface area contributed by atoms with Crippen molar-refractivity contribution in [3.8, 4) is 11.5 Å². The van der Waals surface area contributed by atoms with Crippen molar-refractivity contribution in [3.05, 3.63) is 53.6 Å². The Balaban J connectivity index is 2.15. The van der Waals surface area contributed by atoms with Gasteiger partial charge in [-0.1, -0.05) is 29.8 Å². The minimum absolute atomic E-state index is 0.169. The number of aliphatic hydroxyl groups excluding tert-OH is 1. The Kier molecular flexibility index (Phi) is 5.53. The molecule has 20 heavy (non-hydrogen) atoms. The van der Waals surface area contributed by atoms with Crippen LogP contribution in [0, 0.1) is 0 Å². The SMILES string of the molecule is OC(CCl)CNc1cc(Cl)ccc1Oc1ccccc1. The van der Waals surface area contributed by atoms with Crippen LogP contribution in [-0.4, -0.2) is 23.6 Å². The van der Waals surface area contributed by atoms with Gasteiger partial charge in [0.1, 0.15) is 5.75 Å². The number of rotatable bonds is 6. The quantitative estimate of drug-likeness (QED) is 0.788. The standard InChI is InChI=1S/C15H15Cl2NO2/c16-9-12(19)10-18-14-8-11(17)6-7-15(14)20-13-4-2-1-3-5-13/h1-8,12,18-19H,9-10H2. The summed E-state index contributed by atoms with van der Waals surface area (Å²) in [5.74, 6) is 1.54. The van der Waals surface area contributed by atoms with Crippen molar-refractivity contribution in [1.29, 1.82) is 0 Å². The smallest absolute Gasteiger partial charge is 0.150 e. The van der Waals surface area contributed by atoms with Crippen LogP contribution in [-0.2, 0) is 0 Å². The Morgan fingerprint density at radius 3 is 2.60 bits per heavy atom. The minimum atomic E-state index is -0.625. The molecule has 0 fully saturated rings. The van der Waals surface area contributed by atoms with Crippen LogP contribution in [0.3, 0.4) is 0 Å². The van der Waals surface area contributed by atoms with Crippen LogP contribution in [0.1, 0.15) is 0 Å². The molecular weight excluding hydrogens is 297 g/mol. The van der Waals surface area contributed by atoms with Gasteiger partial charge in [0.15, 0.2) is 5.75 Å². The van der Waals surface area contributed by atoms with Crippen LogP contribution in [0.4, 0.5) is 5.69 Å². The van der Waals surface area contributed by atoms with Gasteiger partial charge in [0, 0.05) is 11.6 Å². The fourth-order valence-corrected chi connectivity index (χ4v) is 1.91. The van der Waals surface area contributed by atoms with E-state index in [-0.39, 0.29) is 5.88 Å². The van der Waals surface area contributed by atoms with Gasteiger partial charge in [-0.05, 0) is 30.3 Å². The maximum Gasteiger partial charge on any atom is 0.150 e. The van der Waals surface area contributed by atoms with Crippen LogP contribution in [0.5, 0.6) is 11.5 Å². The Labute approximate surface area is 128 Å². The van der Waals surface area contributed by atoms with Crippen molar-refractivity contribution in [1.82, 2.24) is 0 Å². The van der Waals surface area contributed by atoms with E-state index in [4.69, 9.17) is 27.9 Å². The van der Waals surface area contributed by atoms with Crippen LogP contribution in [0.2, 0.25) is 5.02 Å². The van der Waals surface area contributed by atoms with Crippen molar-refractivity contribution in [2.45, 2.75) is 6.10 Å². The van der Waals surface area contributed by atoms with Gasteiger partial charge in [-0.3, -0.25) is 0 Å². The van der Waals surface area contributed by atoms with Gasteiger partial charge in [0.2, 0.25) is 0 Å². The Bertz CT molecular complexity index is 549. The van der Waals surface area contributed by atoms with Gasteiger partial charge in [-0.2, -0.15) is 0 Å². The van der Waals surface area contributed by atoms with E-state index in [1.165, 1.54) is 0 Å². The van der Waals surface area contributed by atoms with Crippen LogP contribution >= 0.6 is 23.2 Å². The van der Waals surface area contributed by atoms with E-state index in [0.717, 1.165) is 5.75 Å². The second-order valence-electron chi connectivity index (χ2n) is 4.24. The molecule has 2 aromatic carbocycles. The molecule has 0 heterocycles. The monoisotopic (exact) mass is 311 g/mol. The second-order valence-corrected chi connectivity index (χ2v) is 4.99. The van der Waals surface area contributed by atoms with Crippen molar-refractivity contribution < 1.29 is 9.84 Å². The molecule has 2 aromatic rings. The number of para-hydroxylation sites is 1. The average molecular weight is 312 g/mol. The number of benzene rings is 2. The van der Waals surface area contributed by atoms with E-state index in [1.807, 2.05) is 30.3 Å². The predicted molar refractivity (Wildman–Crippen MR) is 83.2 cm³/mol. The van der Waals surface area contributed by atoms with Crippen molar-refractivity contribution in [2.24, 2.45) is 0 Å². The first-order valence-corrected chi connectivity index (χ1v) is 7.10. The molecule has 0 bridgehead atoms. The topological polar surface area (TPSA) is 41.5 Å². The number of hydrogen-bond donors (Lipinski definition) is 2. The molecule has 1 unspecified atom stereocenters. The molecule has 0 amide bonds. The molecule has 0 spiro atoms. The van der Waals surface area contributed by atoms with Gasteiger partial charge in [0.25, 0.3) is 0 Å². The first kappa shape index (κ1) is 15.0. The Morgan fingerprint density at radius 1 is 1.15 bits per heavy atom. The highest BCUT2D eigenvalue weighted by Gasteiger charge is 2.08. The molecular formula is C15H15Cl2NO2. The fraction of sp³-hybridized carbons (Fsp3) is 0.200. The molecule has 106 valence electrons. The molecule has 2 N–H and O–H groups in total. The number of hydrogen-bond acceptors (Lipinski definition) is 3. The first-order valence-electron chi connectivity index (χ1n) is 6.19. The van der Waals surface area contributed by atoms with Crippen LogP contribution in [0.25, 0.3) is 0 Å². The van der Waals surface area contributed by atoms with Gasteiger partial charge in [0.05, 0.1) is 17.7 Å². The summed E-state index contributed by atoms with van der Waals surface area (Å²) in [4.78, 5) is 0. The van der Waals surface area contributed by atoms with Gasteiger partial charge in [-0.25, -0.2) is 0 Å². The zero-order valence-corrected chi connectivity index (χ0v) is 12.2. The summed E-state index contributed by atoms with van der Waals surface area (Å²) < 4.78 is 5.79. The lowest BCUT2D eigenvalue weighted by molar-refractivity contribution is 0.211. The fourth-order valence-electron chi connectivity index (χ4n) is 1.63. The first-order chi connectivity index (χ1) is 9.69. The average Bonchev–Trinajstić information content (AvgIpc) is 2.48. The highest BCUT2D eigenvalue weighted by atomic mass is 35.5. The lowest BCUT2D eigenvalue weighted by atomic mass is 10.2. The van der Waals surface area contributed by atoms with Crippen molar-refractivity contribution in [2.75, 3.05) is 17.7 Å². The van der Waals surface area contributed by atoms with E-state index in [9.17, 15) is 5.11 Å². The predicted octanol–water partition coefficient (Wildman–Crippen LogP) is 4.14. The number of halogens is 2. The number of aliphatic hydroxyl groups is 1. The van der Waals surface area contributed by atoms with E-state index >= 15 is 0 Å². The number of anilines is 1. The molecule has 0 saturated carbocycles. The molecule has 0 radical (unpaired) electrons. The third-order valence-corrected chi connectivity index (χ3v) is 3.21. The molecule has 5 heteroatoms. The maximum atomic E-state index is 9.50. The molecule has 0 saturated heterocycles. The van der Waals surface area contributed by atoms with Crippen molar-refractivity contribution in [3.63, 3.8) is 0 Å². The number of ether oxygens (including phenoxy) is 1. The van der Waals surface area contributed by atoms with Gasteiger partial charge in [-0.15, -0.1) is 11.6 Å². The number of nitrogens with one attached hydrogen (secondary N) is 1. The van der Waals surface area contributed by atoms with E-state index in [0.29, 0.717) is 23.0 Å². The zero-order chi connectivity index (χ0) is 14.4. The lowest BCUT2D eigenvalue weighted by Gasteiger charge is -2.15. The minimum Gasteiger partial charge on any atom is -0.455 e. The van der Waals surface area contributed by atoms with E-state index in [2.05, 4.69) is 5.32 Å². The largest absolute Gasteiger partial charge is 0.455 e. The number of alkyl halides is 1. The Hall–Kier alpha value is -1.42. The molecule has 2 rings (SSSR count). The van der Waals surface area contributed by atoms with Crippen LogP contribution < -0.4 is 10.1 Å². The van der Waals surface area contributed by atoms with Crippen LogP contribution in [0.15, 0.2) is 48.5 Å². The maximum absolute atomic E-state index is 9.50. The molecule has 0 aromatic heterocycles. The molecule has 0 aliphatic heterocycles. The normalized spacial score (nSPS) is 11.9. The summed E-state index contributed by atoms with van der Waals surface area (Å²) in [5, 5.41) is 13.2. The molecule has 1 atom stereocenters. The third kappa shape index (κ3) is 4.30. The van der Waals surface area contributed by atoms with Gasteiger partial charge < -0.3 is 15.2 Å². The molecule has 0 aliphatic rings. The highest BCUT2D eigenvalue weighted by Crippen LogP contribution is 2.31. The second kappa shape index (κ2) is 7.39. The summed E-state index contributed by atoms with van der Waals surface area (Å²) in [6, 6.07) is 14.7. The van der Waals surface area contributed by atoms with E-state index in [1.54, 1.807) is 18.2 Å². The Morgan fingerprint density at radius 2 is 1.90 bits per heavy atom. The summed E-state index contributed by atoms with van der Waals surface area (Å²) >= 11 is 11.6. The molecule has 0 aliphatic carbocycles. The third-order valence-electron chi connectivity index (χ3n) is 2.62. The highest BCUT2D eigenvalue weighted by molar-refractivity contribution is 6.30. The summed E-state index contributed by atoms with van der Waals surface area (Å²) in [7, 11) is 0. The van der Waals surface area contributed by atoms with Gasteiger partial charge >= 0.3 is 0 Å².